The van der Waals surface area contributed by atoms with Crippen LogP contribution in [0.25, 0.3) is 0 Å². The van der Waals surface area contributed by atoms with E-state index in [4.69, 9.17) is 0 Å². The maximum Gasteiger partial charge on any atom is 4.00 e. The van der Waals surface area contributed by atoms with Crippen LogP contribution in [-0.2, 0) is 26.2 Å². The van der Waals surface area contributed by atoms with Crippen molar-refractivity contribution < 1.29 is 51.0 Å². The minimum atomic E-state index is 0. The summed E-state index contributed by atoms with van der Waals surface area (Å²) in [5.74, 6) is 0. The Morgan fingerprint density at radius 2 is 1.58 bits per heavy atom. The maximum absolute atomic E-state index is 3.44. The topological polar surface area (TPSA) is 0 Å². The predicted octanol–water partition coefficient (Wildman–Crippen LogP) is -1.19. The van der Waals surface area contributed by atoms with Crippen LogP contribution in [0.2, 0.25) is 0 Å². The van der Waals surface area contributed by atoms with Gasteiger partial charge in [0.2, 0.25) is 0 Å². The van der Waals surface area contributed by atoms with Crippen LogP contribution in [0.4, 0.5) is 0 Å². The van der Waals surface area contributed by atoms with E-state index in [1.165, 1.54) is 22.3 Å². The molecule has 0 radical (unpaired) electrons. The normalized spacial score (nSPS) is 18.2. The average Bonchev–Trinajstić information content (AvgIpc) is 2.72. The van der Waals surface area contributed by atoms with Gasteiger partial charge in [0.15, 0.2) is 0 Å². The molecule has 0 fully saturated rings. The molecule has 0 unspecified atom stereocenters. The molecule has 2 aliphatic carbocycles. The van der Waals surface area contributed by atoms with Gasteiger partial charge in [-0.1, -0.05) is 40.0 Å². The van der Waals surface area contributed by atoms with Crippen molar-refractivity contribution in [2.45, 2.75) is 48.0 Å². The molecule has 0 amide bonds. The summed E-state index contributed by atoms with van der Waals surface area (Å²) in [5.41, 5.74) is 5.67. The molecule has 0 N–H and O–H groups in total. The third kappa shape index (κ3) is 7.12. The Bertz CT molecular complexity index is 396. The van der Waals surface area contributed by atoms with Gasteiger partial charge in [-0.3, -0.25) is 12.2 Å². The molecule has 0 aliphatic heterocycles. The number of allylic oxidation sites excluding steroid dienone is 8. The smallest absolute Gasteiger partial charge is 1.00 e. The predicted molar refractivity (Wildman–Crippen MR) is 70.8 cm³/mol. The van der Waals surface area contributed by atoms with Crippen molar-refractivity contribution in [2.75, 3.05) is 0 Å². The van der Waals surface area contributed by atoms with Gasteiger partial charge in [-0.05, 0) is 0 Å². The number of hydrogen-bond donors (Lipinski definition) is 0. The summed E-state index contributed by atoms with van der Waals surface area (Å²) in [4.78, 5) is 0. The van der Waals surface area contributed by atoms with Crippen molar-refractivity contribution in [3.63, 3.8) is 0 Å². The first kappa shape index (κ1) is 24.4. The van der Waals surface area contributed by atoms with E-state index in [1.807, 2.05) is 0 Å². The van der Waals surface area contributed by atoms with Crippen molar-refractivity contribution >= 4 is 0 Å². The van der Waals surface area contributed by atoms with E-state index in [0.717, 1.165) is 6.42 Å². The van der Waals surface area contributed by atoms with Crippen LogP contribution in [0, 0.1) is 17.6 Å². The van der Waals surface area contributed by atoms with E-state index in [1.54, 1.807) is 0 Å². The van der Waals surface area contributed by atoms with Gasteiger partial charge >= 0.3 is 26.2 Å². The standard InChI is InChI=1S/C10H15.C6H7.2ClH.Zr/c1-7-6-10(4,5)9(3)8(7)2;1-6-4-2-3-5-6;;;/h1-5H3;2,4H,3H2,1H3;2*1H;/q2*-1;;;+4/p-2. The maximum atomic E-state index is 3.44. The van der Waals surface area contributed by atoms with Crippen molar-refractivity contribution in [1.82, 2.24) is 0 Å². The molecule has 0 spiro atoms. The molecule has 0 nitrogen and oxygen atoms in total. The first-order valence-electron chi connectivity index (χ1n) is 5.88. The largest absolute Gasteiger partial charge is 4.00 e. The SMILES string of the molecule is CC1=[C-]C(C)(C)C(C)=C1C.CC1=[C-]CC=C1.[Cl-].[Cl-].[Zr+4]. The van der Waals surface area contributed by atoms with E-state index in [2.05, 4.69) is 65.8 Å². The Balaban J connectivity index is -0.000000252. The van der Waals surface area contributed by atoms with Crippen LogP contribution in [0.5, 0.6) is 0 Å². The van der Waals surface area contributed by atoms with Crippen LogP contribution in [0.15, 0.2) is 34.4 Å². The minimum Gasteiger partial charge on any atom is -1.00 e. The zero-order valence-corrected chi connectivity index (χ0v) is 16.6. The second-order valence-electron chi connectivity index (χ2n) is 5.09. The summed E-state index contributed by atoms with van der Waals surface area (Å²) in [7, 11) is 0. The van der Waals surface area contributed by atoms with Crippen molar-refractivity contribution in [3.05, 3.63) is 46.6 Å². The Morgan fingerprint density at radius 3 is 1.68 bits per heavy atom. The first-order chi connectivity index (χ1) is 7.34. The molecular weight excluding hydrogens is 354 g/mol. The molecule has 104 valence electrons. The van der Waals surface area contributed by atoms with Gasteiger partial charge in [-0.2, -0.15) is 17.2 Å². The zero-order chi connectivity index (χ0) is 12.3. The van der Waals surface area contributed by atoms with Gasteiger partial charge in [0.1, 0.15) is 0 Å². The molecule has 0 aromatic rings. The van der Waals surface area contributed by atoms with E-state index < -0.39 is 0 Å². The summed E-state index contributed by atoms with van der Waals surface area (Å²) in [6.07, 6.45) is 11.8. The Hall–Kier alpha value is 0.423. The number of hydrogen-bond acceptors (Lipinski definition) is 0. The summed E-state index contributed by atoms with van der Waals surface area (Å²) < 4.78 is 0. The fourth-order valence-electron chi connectivity index (χ4n) is 1.92. The molecule has 2 aliphatic rings. The number of rotatable bonds is 0. The van der Waals surface area contributed by atoms with Crippen LogP contribution < -0.4 is 24.8 Å². The van der Waals surface area contributed by atoms with Gasteiger partial charge in [0, 0.05) is 0 Å². The summed E-state index contributed by atoms with van der Waals surface area (Å²) in [5, 5.41) is 0. The van der Waals surface area contributed by atoms with Gasteiger partial charge in [0.25, 0.3) is 0 Å². The fraction of sp³-hybridized carbons (Fsp3) is 0.500. The Labute approximate surface area is 150 Å². The molecule has 3 heteroatoms. The van der Waals surface area contributed by atoms with E-state index in [9.17, 15) is 0 Å². The average molecular weight is 376 g/mol. The zero-order valence-electron chi connectivity index (χ0n) is 12.6. The van der Waals surface area contributed by atoms with Crippen molar-refractivity contribution in [1.29, 1.82) is 0 Å². The van der Waals surface area contributed by atoms with Crippen molar-refractivity contribution in [3.8, 4) is 0 Å². The minimum absolute atomic E-state index is 0. The van der Waals surface area contributed by atoms with Crippen molar-refractivity contribution in [2.24, 2.45) is 5.41 Å². The fourth-order valence-corrected chi connectivity index (χ4v) is 1.92. The van der Waals surface area contributed by atoms with E-state index in [-0.39, 0.29) is 56.4 Å². The van der Waals surface area contributed by atoms with Crippen LogP contribution in [0.1, 0.15) is 48.0 Å². The van der Waals surface area contributed by atoms with E-state index in [0.29, 0.717) is 0 Å². The molecule has 0 bridgehead atoms. The van der Waals surface area contributed by atoms with Crippen LogP contribution in [-0.4, -0.2) is 0 Å². The van der Waals surface area contributed by atoms with Gasteiger partial charge < -0.3 is 24.8 Å². The molecule has 0 aromatic carbocycles. The van der Waals surface area contributed by atoms with Crippen LogP contribution in [0.3, 0.4) is 0 Å². The number of halogens is 2. The quantitative estimate of drug-likeness (QED) is 0.467. The molecule has 0 aromatic heterocycles. The summed E-state index contributed by atoms with van der Waals surface area (Å²) >= 11 is 0. The summed E-state index contributed by atoms with van der Waals surface area (Å²) in [6.45, 7) is 13.0. The first-order valence-corrected chi connectivity index (χ1v) is 5.88. The second kappa shape index (κ2) is 10.2. The molecule has 0 atom stereocenters. The van der Waals surface area contributed by atoms with Crippen LogP contribution >= 0.6 is 0 Å². The van der Waals surface area contributed by atoms with E-state index >= 15 is 0 Å². The monoisotopic (exact) mass is 374 g/mol. The van der Waals surface area contributed by atoms with Gasteiger partial charge in [-0.25, -0.2) is 17.2 Å². The molecular formula is C16H22Cl2Zr. The summed E-state index contributed by atoms with van der Waals surface area (Å²) in [6, 6.07) is 0. The molecule has 19 heavy (non-hydrogen) atoms. The molecule has 2 rings (SSSR count). The van der Waals surface area contributed by atoms with Gasteiger partial charge in [-0.15, -0.1) is 13.3 Å². The molecule has 0 saturated carbocycles. The van der Waals surface area contributed by atoms with Gasteiger partial charge in [0.05, 0.1) is 0 Å². The second-order valence-corrected chi connectivity index (χ2v) is 5.09. The molecule has 0 saturated heterocycles. The Kier molecular flexibility index (Phi) is 13.1. The third-order valence-electron chi connectivity index (χ3n) is 3.43. The third-order valence-corrected chi connectivity index (χ3v) is 3.43. The Morgan fingerprint density at radius 1 is 1.05 bits per heavy atom. The molecule has 0 heterocycles.